The number of rotatable bonds is 7. The van der Waals surface area contributed by atoms with Crippen LogP contribution in [0, 0.1) is 6.92 Å². The zero-order valence-corrected chi connectivity index (χ0v) is 19.0. The minimum absolute atomic E-state index is 0.0326. The van der Waals surface area contributed by atoms with Crippen LogP contribution < -0.4 is 4.74 Å². The van der Waals surface area contributed by atoms with Crippen molar-refractivity contribution in [1.29, 1.82) is 0 Å². The second-order valence-corrected chi connectivity index (χ2v) is 8.11. The maximum Gasteiger partial charge on any atom is 0.179 e. The fraction of sp³-hybridized carbons (Fsp3) is 0.240. The number of hydrogen-bond acceptors (Lipinski definition) is 6. The Morgan fingerprint density at radius 1 is 1.18 bits per heavy atom. The summed E-state index contributed by atoms with van der Waals surface area (Å²) in [4.78, 5) is 17.0. The molecule has 4 aromatic rings. The van der Waals surface area contributed by atoms with Gasteiger partial charge in [-0.2, -0.15) is 5.10 Å². The number of carbonyl (C=O) groups excluding carboxylic acids is 1. The van der Waals surface area contributed by atoms with E-state index in [9.17, 15) is 4.79 Å². The standard InChI is InChI=1S/C25H22ClN3O4/c1-15-23-24(26)18-14-17(31-2)8-9-19(18)27-25(23)29(28-15)21-10-11-22(33-21)32-13-12-20(30)16-6-4-3-5-7-16/h3-11,14,21-22H,12-13H2,1-2H3/t21-,22+/m1/s1. The van der Waals surface area contributed by atoms with Gasteiger partial charge in [0.2, 0.25) is 0 Å². The van der Waals surface area contributed by atoms with Crippen LogP contribution in [-0.2, 0) is 9.47 Å². The van der Waals surface area contributed by atoms with E-state index in [-0.39, 0.29) is 18.8 Å². The first-order chi connectivity index (χ1) is 16.0. The minimum Gasteiger partial charge on any atom is -0.497 e. The normalized spacial score (nSPS) is 17.8. The number of aromatic nitrogens is 3. The van der Waals surface area contributed by atoms with Crippen LogP contribution in [0.1, 0.15) is 28.7 Å². The van der Waals surface area contributed by atoms with E-state index >= 15 is 0 Å². The maximum absolute atomic E-state index is 12.3. The molecule has 1 aliphatic heterocycles. The van der Waals surface area contributed by atoms with Gasteiger partial charge in [0.25, 0.3) is 0 Å². The Morgan fingerprint density at radius 3 is 2.79 bits per heavy atom. The molecule has 2 aromatic carbocycles. The number of hydrogen-bond donors (Lipinski definition) is 0. The summed E-state index contributed by atoms with van der Waals surface area (Å²) in [6.45, 7) is 2.14. The molecule has 7 nitrogen and oxygen atoms in total. The third-order valence-corrected chi connectivity index (χ3v) is 5.99. The van der Waals surface area contributed by atoms with Crippen LogP contribution in [0.15, 0.2) is 60.7 Å². The maximum atomic E-state index is 12.3. The van der Waals surface area contributed by atoms with Crippen molar-refractivity contribution in [2.45, 2.75) is 25.9 Å². The molecule has 3 heterocycles. The van der Waals surface area contributed by atoms with E-state index in [1.165, 1.54) is 0 Å². The van der Waals surface area contributed by atoms with E-state index in [2.05, 4.69) is 5.10 Å². The van der Waals surface area contributed by atoms with Crippen molar-refractivity contribution < 1.29 is 19.0 Å². The lowest BCUT2D eigenvalue weighted by Gasteiger charge is -2.15. The number of nitrogens with zero attached hydrogens (tertiary/aromatic N) is 3. The highest BCUT2D eigenvalue weighted by Crippen LogP contribution is 2.36. The SMILES string of the molecule is COc1ccc2nc3c(c(C)nn3[C@H]3C=C[C@@H](OCCC(=O)c4ccccc4)O3)c(Cl)c2c1. The molecular formula is C25H22ClN3O4. The quantitative estimate of drug-likeness (QED) is 0.275. The Hall–Kier alpha value is -3.26. The number of benzene rings is 2. The fourth-order valence-electron chi connectivity index (χ4n) is 3.93. The zero-order chi connectivity index (χ0) is 22.9. The summed E-state index contributed by atoms with van der Waals surface area (Å²) < 4.78 is 18.8. The number of halogens is 1. The lowest BCUT2D eigenvalue weighted by Crippen LogP contribution is -2.18. The third-order valence-electron chi connectivity index (χ3n) is 5.60. The van der Waals surface area contributed by atoms with Gasteiger partial charge in [0.05, 0.1) is 35.3 Å². The van der Waals surface area contributed by atoms with Crippen molar-refractivity contribution in [1.82, 2.24) is 14.8 Å². The summed E-state index contributed by atoms with van der Waals surface area (Å²) in [6.07, 6.45) is 2.89. The number of methoxy groups -OCH3 is 1. The second kappa shape index (κ2) is 8.94. The second-order valence-electron chi connectivity index (χ2n) is 7.73. The number of ketones is 1. The minimum atomic E-state index is -0.571. The summed E-state index contributed by atoms with van der Waals surface area (Å²) in [5, 5.41) is 6.78. The van der Waals surface area contributed by atoms with Gasteiger partial charge in [0.1, 0.15) is 5.75 Å². The van der Waals surface area contributed by atoms with Gasteiger partial charge in [0.15, 0.2) is 23.9 Å². The molecule has 0 saturated heterocycles. The fourth-order valence-corrected chi connectivity index (χ4v) is 4.30. The van der Waals surface area contributed by atoms with Gasteiger partial charge in [-0.05, 0) is 37.3 Å². The van der Waals surface area contributed by atoms with Gasteiger partial charge >= 0.3 is 0 Å². The van der Waals surface area contributed by atoms with E-state index in [1.54, 1.807) is 23.9 Å². The molecule has 8 heteroatoms. The van der Waals surface area contributed by atoms with Gasteiger partial charge < -0.3 is 14.2 Å². The van der Waals surface area contributed by atoms with Crippen molar-refractivity contribution in [3.05, 3.63) is 77.0 Å². The Bertz CT molecular complexity index is 1370. The highest BCUT2D eigenvalue weighted by atomic mass is 35.5. The molecule has 0 fully saturated rings. The zero-order valence-electron chi connectivity index (χ0n) is 18.2. The van der Waals surface area contributed by atoms with E-state index < -0.39 is 12.5 Å². The van der Waals surface area contributed by atoms with Gasteiger partial charge in [0, 0.05) is 17.4 Å². The van der Waals surface area contributed by atoms with E-state index in [0.717, 1.165) is 22.0 Å². The molecular weight excluding hydrogens is 442 g/mol. The van der Waals surface area contributed by atoms with Crippen LogP contribution >= 0.6 is 11.6 Å². The predicted octanol–water partition coefficient (Wildman–Crippen LogP) is 5.26. The van der Waals surface area contributed by atoms with Crippen LogP contribution in [0.3, 0.4) is 0 Å². The van der Waals surface area contributed by atoms with Gasteiger partial charge in [-0.15, -0.1) is 0 Å². The van der Waals surface area contributed by atoms with E-state index in [0.29, 0.717) is 22.0 Å². The molecule has 168 valence electrons. The number of pyridine rings is 1. The largest absolute Gasteiger partial charge is 0.497 e. The monoisotopic (exact) mass is 463 g/mol. The van der Waals surface area contributed by atoms with E-state index in [1.807, 2.05) is 55.5 Å². The molecule has 0 saturated carbocycles. The molecule has 0 N–H and O–H groups in total. The molecule has 1 aliphatic rings. The average molecular weight is 464 g/mol. The van der Waals surface area contributed by atoms with Crippen LogP contribution in [-0.4, -0.2) is 40.6 Å². The molecule has 2 atom stereocenters. The first-order valence-electron chi connectivity index (χ1n) is 10.6. The predicted molar refractivity (Wildman–Crippen MR) is 126 cm³/mol. The third kappa shape index (κ3) is 4.11. The highest BCUT2D eigenvalue weighted by molar-refractivity contribution is 6.40. The van der Waals surface area contributed by atoms with Crippen LogP contribution in [0.2, 0.25) is 5.02 Å². The molecule has 5 rings (SSSR count). The van der Waals surface area contributed by atoms with Crippen LogP contribution in [0.25, 0.3) is 21.9 Å². The van der Waals surface area contributed by atoms with Crippen molar-refractivity contribution >= 4 is 39.3 Å². The molecule has 0 unspecified atom stereocenters. The summed E-state index contributed by atoms with van der Waals surface area (Å²) >= 11 is 6.74. The van der Waals surface area contributed by atoms with Gasteiger partial charge in [-0.25, -0.2) is 9.67 Å². The summed E-state index contributed by atoms with van der Waals surface area (Å²) in [7, 11) is 1.62. The lowest BCUT2D eigenvalue weighted by atomic mass is 10.1. The van der Waals surface area contributed by atoms with Crippen molar-refractivity contribution in [2.24, 2.45) is 0 Å². The van der Waals surface area contributed by atoms with Crippen LogP contribution in [0.5, 0.6) is 5.75 Å². The Kier molecular flexibility index (Phi) is 5.85. The first kappa shape index (κ1) is 21.6. The Morgan fingerprint density at radius 2 is 2.00 bits per heavy atom. The Labute approximate surface area is 195 Å². The first-order valence-corrected chi connectivity index (χ1v) is 11.0. The number of fused-ring (bicyclic) bond motifs is 2. The highest BCUT2D eigenvalue weighted by Gasteiger charge is 2.26. The molecule has 0 aliphatic carbocycles. The summed E-state index contributed by atoms with van der Waals surface area (Å²) in [6, 6.07) is 14.8. The van der Waals surface area contributed by atoms with Gasteiger partial charge in [-0.3, -0.25) is 4.79 Å². The molecule has 0 spiro atoms. The number of ether oxygens (including phenoxy) is 3. The molecule has 2 aromatic heterocycles. The Balaban J connectivity index is 1.32. The summed E-state index contributed by atoms with van der Waals surface area (Å²) in [5.74, 6) is 0.744. The van der Waals surface area contributed by atoms with E-state index in [4.69, 9.17) is 30.8 Å². The summed E-state index contributed by atoms with van der Waals surface area (Å²) in [5.41, 5.74) is 2.79. The van der Waals surface area contributed by atoms with Gasteiger partial charge in [-0.1, -0.05) is 41.9 Å². The number of Topliss-reactive ketones (excluding diaryl/α,β-unsaturated/α-hetero) is 1. The van der Waals surface area contributed by atoms with Crippen LogP contribution in [0.4, 0.5) is 0 Å². The van der Waals surface area contributed by atoms with Crippen molar-refractivity contribution in [2.75, 3.05) is 13.7 Å². The average Bonchev–Trinajstić information content (AvgIpc) is 3.44. The smallest absolute Gasteiger partial charge is 0.179 e. The number of carbonyl (C=O) groups is 1. The molecule has 0 bridgehead atoms. The molecule has 0 amide bonds. The number of aryl methyl sites for hydroxylation is 1. The van der Waals surface area contributed by atoms with Crippen molar-refractivity contribution in [3.8, 4) is 5.75 Å². The lowest BCUT2D eigenvalue weighted by molar-refractivity contribution is -0.136. The van der Waals surface area contributed by atoms with Crippen molar-refractivity contribution in [3.63, 3.8) is 0 Å². The topological polar surface area (TPSA) is 75.5 Å². The molecule has 0 radical (unpaired) electrons. The molecule has 33 heavy (non-hydrogen) atoms.